The zero-order chi connectivity index (χ0) is 18.4. The first-order chi connectivity index (χ1) is 11.8. The Morgan fingerprint density at radius 2 is 1.68 bits per heavy atom. The van der Waals surface area contributed by atoms with E-state index in [1.165, 1.54) is 31.2 Å². The van der Waals surface area contributed by atoms with Gasteiger partial charge in [-0.05, 0) is 24.6 Å². The first kappa shape index (κ1) is 18.1. The Morgan fingerprint density at radius 3 is 2.24 bits per heavy atom. The van der Waals surface area contributed by atoms with Crippen LogP contribution in [-0.2, 0) is 20.9 Å². The summed E-state index contributed by atoms with van der Waals surface area (Å²) in [5.41, 5.74) is 4.31. The Labute approximate surface area is 143 Å². The van der Waals surface area contributed by atoms with Crippen molar-refractivity contribution < 1.29 is 24.0 Å². The van der Waals surface area contributed by atoms with Crippen LogP contribution in [0.3, 0.4) is 0 Å². The minimum Gasteiger partial charge on any atom is -0.459 e. The molecule has 0 heterocycles. The summed E-state index contributed by atoms with van der Waals surface area (Å²) in [7, 11) is 0. The van der Waals surface area contributed by atoms with E-state index in [0.717, 1.165) is 5.56 Å². The van der Waals surface area contributed by atoms with Crippen LogP contribution in [0, 0.1) is 10.1 Å². The maximum absolute atomic E-state index is 12.1. The SMILES string of the molecule is C[C@@](N)(C(=O)OCc1ccccc1)C(=O)Oc1ccc([N+](=O)[O-])cc1. The van der Waals surface area contributed by atoms with Gasteiger partial charge in [0.25, 0.3) is 5.69 Å². The molecule has 25 heavy (non-hydrogen) atoms. The van der Waals surface area contributed by atoms with Gasteiger partial charge in [0.1, 0.15) is 12.4 Å². The van der Waals surface area contributed by atoms with Crippen molar-refractivity contribution in [1.82, 2.24) is 0 Å². The third kappa shape index (κ3) is 4.61. The molecule has 0 radical (unpaired) electrons. The lowest BCUT2D eigenvalue weighted by Crippen LogP contribution is -2.55. The fourth-order valence-corrected chi connectivity index (χ4v) is 1.81. The van der Waals surface area contributed by atoms with Crippen LogP contribution in [0.5, 0.6) is 5.75 Å². The minimum atomic E-state index is -2.02. The standard InChI is InChI=1S/C17H16N2O6/c1-17(18,15(20)24-11-12-5-3-2-4-6-12)16(21)25-14-9-7-13(8-10-14)19(22)23/h2-10H,11,18H2,1H3/t17-/m1/s1. The van der Waals surface area contributed by atoms with Gasteiger partial charge in [-0.25, -0.2) is 9.59 Å². The molecule has 1 atom stereocenters. The smallest absolute Gasteiger partial charge is 0.342 e. The highest BCUT2D eigenvalue weighted by molar-refractivity contribution is 6.04. The summed E-state index contributed by atoms with van der Waals surface area (Å²) < 4.78 is 10.0. The first-order valence-electron chi connectivity index (χ1n) is 7.27. The average molecular weight is 344 g/mol. The molecule has 2 N–H and O–H groups in total. The predicted octanol–water partition coefficient (Wildman–Crippen LogP) is 1.96. The molecule has 2 rings (SSSR count). The maximum atomic E-state index is 12.1. The van der Waals surface area contributed by atoms with Crippen molar-refractivity contribution in [2.24, 2.45) is 5.73 Å². The lowest BCUT2D eigenvalue weighted by atomic mass is 10.1. The van der Waals surface area contributed by atoms with E-state index in [1.807, 2.05) is 6.07 Å². The van der Waals surface area contributed by atoms with Gasteiger partial charge in [0.05, 0.1) is 4.92 Å². The minimum absolute atomic E-state index is 0.0305. The lowest BCUT2D eigenvalue weighted by Gasteiger charge is -2.20. The number of benzene rings is 2. The summed E-state index contributed by atoms with van der Waals surface area (Å²) in [5, 5.41) is 10.6. The van der Waals surface area contributed by atoms with Gasteiger partial charge in [-0.3, -0.25) is 10.1 Å². The molecule has 0 bridgehead atoms. The summed E-state index contributed by atoms with van der Waals surface area (Å²) in [4.78, 5) is 34.2. The van der Waals surface area contributed by atoms with Crippen LogP contribution in [0.4, 0.5) is 5.69 Å². The van der Waals surface area contributed by atoms with E-state index in [0.29, 0.717) is 0 Å². The number of esters is 2. The Balaban J connectivity index is 1.98. The van der Waals surface area contributed by atoms with Crippen molar-refractivity contribution >= 4 is 17.6 Å². The van der Waals surface area contributed by atoms with Crippen LogP contribution in [0.25, 0.3) is 0 Å². The maximum Gasteiger partial charge on any atom is 0.342 e. The van der Waals surface area contributed by atoms with E-state index in [-0.39, 0.29) is 18.0 Å². The van der Waals surface area contributed by atoms with Crippen molar-refractivity contribution in [1.29, 1.82) is 0 Å². The second kappa shape index (κ2) is 7.54. The largest absolute Gasteiger partial charge is 0.459 e. The molecule has 8 nitrogen and oxygen atoms in total. The number of nitro benzene ring substituents is 1. The predicted molar refractivity (Wildman–Crippen MR) is 87.6 cm³/mol. The summed E-state index contributed by atoms with van der Waals surface area (Å²) >= 11 is 0. The van der Waals surface area contributed by atoms with E-state index in [1.54, 1.807) is 24.3 Å². The summed E-state index contributed by atoms with van der Waals surface area (Å²) in [6, 6.07) is 13.7. The van der Waals surface area contributed by atoms with Gasteiger partial charge in [0.15, 0.2) is 0 Å². The quantitative estimate of drug-likeness (QED) is 0.279. The Hall–Kier alpha value is -3.26. The highest BCUT2D eigenvalue weighted by Crippen LogP contribution is 2.19. The molecular weight excluding hydrogens is 328 g/mol. The molecule has 0 spiro atoms. The van der Waals surface area contributed by atoms with Crippen molar-refractivity contribution in [2.75, 3.05) is 0 Å². The number of carbonyl (C=O) groups is 2. The molecule has 0 aliphatic carbocycles. The van der Waals surface area contributed by atoms with Crippen LogP contribution in [0.15, 0.2) is 54.6 Å². The number of nitro groups is 1. The lowest BCUT2D eigenvalue weighted by molar-refractivity contribution is -0.384. The fourth-order valence-electron chi connectivity index (χ4n) is 1.81. The van der Waals surface area contributed by atoms with Crippen LogP contribution in [0.1, 0.15) is 12.5 Å². The molecule has 0 saturated heterocycles. The van der Waals surface area contributed by atoms with E-state index in [9.17, 15) is 19.7 Å². The van der Waals surface area contributed by atoms with Crippen LogP contribution in [0.2, 0.25) is 0 Å². The highest BCUT2D eigenvalue weighted by Gasteiger charge is 2.41. The number of rotatable bonds is 6. The highest BCUT2D eigenvalue weighted by atomic mass is 16.6. The van der Waals surface area contributed by atoms with Gasteiger partial charge < -0.3 is 15.2 Å². The molecule has 2 aromatic carbocycles. The van der Waals surface area contributed by atoms with Crippen molar-refractivity contribution in [2.45, 2.75) is 19.1 Å². The second-order valence-electron chi connectivity index (χ2n) is 5.40. The van der Waals surface area contributed by atoms with Crippen molar-refractivity contribution in [3.8, 4) is 5.75 Å². The monoisotopic (exact) mass is 344 g/mol. The number of hydrogen-bond acceptors (Lipinski definition) is 7. The van der Waals surface area contributed by atoms with E-state index >= 15 is 0 Å². The zero-order valence-corrected chi connectivity index (χ0v) is 13.4. The van der Waals surface area contributed by atoms with Crippen LogP contribution >= 0.6 is 0 Å². The molecule has 0 aromatic heterocycles. The third-order valence-corrected chi connectivity index (χ3v) is 3.32. The van der Waals surface area contributed by atoms with E-state index in [4.69, 9.17) is 15.2 Å². The number of carbonyl (C=O) groups excluding carboxylic acids is 2. The third-order valence-electron chi connectivity index (χ3n) is 3.32. The van der Waals surface area contributed by atoms with E-state index < -0.39 is 22.4 Å². The molecule has 0 aliphatic rings. The number of hydrogen-bond donors (Lipinski definition) is 1. The molecule has 0 saturated carbocycles. The molecule has 0 unspecified atom stereocenters. The van der Waals surface area contributed by atoms with Gasteiger partial charge in [-0.15, -0.1) is 0 Å². The summed E-state index contributed by atoms with van der Waals surface area (Å²) in [6.45, 7) is 1.14. The molecule has 130 valence electrons. The van der Waals surface area contributed by atoms with Gasteiger partial charge in [0, 0.05) is 12.1 Å². The number of nitrogens with two attached hydrogens (primary N) is 1. The summed E-state index contributed by atoms with van der Waals surface area (Å²) in [6.07, 6.45) is 0. The van der Waals surface area contributed by atoms with Crippen molar-refractivity contribution in [3.05, 3.63) is 70.3 Å². The zero-order valence-electron chi connectivity index (χ0n) is 13.4. The number of ether oxygens (including phenoxy) is 2. The first-order valence-corrected chi connectivity index (χ1v) is 7.27. The van der Waals surface area contributed by atoms with Crippen molar-refractivity contribution in [3.63, 3.8) is 0 Å². The van der Waals surface area contributed by atoms with E-state index in [2.05, 4.69) is 0 Å². The summed E-state index contributed by atoms with van der Waals surface area (Å²) in [5.74, 6) is -1.94. The fraction of sp³-hybridized carbons (Fsp3) is 0.176. The second-order valence-corrected chi connectivity index (χ2v) is 5.40. The molecule has 0 amide bonds. The molecule has 8 heteroatoms. The van der Waals surface area contributed by atoms with Crippen LogP contribution in [-0.4, -0.2) is 22.4 Å². The normalized spacial score (nSPS) is 12.7. The Bertz CT molecular complexity index is 771. The average Bonchev–Trinajstić information content (AvgIpc) is 2.60. The Kier molecular flexibility index (Phi) is 5.45. The number of nitrogens with zero attached hydrogens (tertiary/aromatic N) is 1. The Morgan fingerprint density at radius 1 is 1.08 bits per heavy atom. The van der Waals surface area contributed by atoms with Gasteiger partial charge in [-0.2, -0.15) is 0 Å². The molecule has 0 fully saturated rings. The van der Waals surface area contributed by atoms with Crippen LogP contribution < -0.4 is 10.5 Å². The number of non-ortho nitro benzene ring substituents is 1. The van der Waals surface area contributed by atoms with Gasteiger partial charge >= 0.3 is 11.9 Å². The topological polar surface area (TPSA) is 122 Å². The molecule has 0 aliphatic heterocycles. The van der Waals surface area contributed by atoms with Gasteiger partial charge in [0.2, 0.25) is 5.54 Å². The van der Waals surface area contributed by atoms with Gasteiger partial charge in [-0.1, -0.05) is 30.3 Å². The molecule has 2 aromatic rings. The molecular formula is C17H16N2O6.